The Morgan fingerprint density at radius 2 is 1.87 bits per heavy atom. The molecule has 0 N–H and O–H groups in total. The standard InChI is InChI=1S/C12H20O3/c1-4-13-10-7-8-11(14-5-2)12(9-10)15-6-3/h7,9,11H,4-6,8H2,1-3H3. The van der Waals surface area contributed by atoms with Crippen LogP contribution in [0.5, 0.6) is 0 Å². The molecule has 0 fully saturated rings. The molecule has 1 aliphatic rings. The molecule has 3 heteroatoms. The maximum atomic E-state index is 5.58. The van der Waals surface area contributed by atoms with Crippen molar-refractivity contribution in [2.45, 2.75) is 33.3 Å². The minimum absolute atomic E-state index is 0.0548. The van der Waals surface area contributed by atoms with E-state index in [0.29, 0.717) is 19.8 Å². The molecule has 0 aliphatic heterocycles. The minimum Gasteiger partial charge on any atom is -0.495 e. The summed E-state index contributed by atoms with van der Waals surface area (Å²) in [5.41, 5.74) is 0. The predicted molar refractivity (Wildman–Crippen MR) is 59.4 cm³/mol. The molecular weight excluding hydrogens is 192 g/mol. The summed E-state index contributed by atoms with van der Waals surface area (Å²) in [6.07, 6.45) is 4.86. The molecule has 0 aromatic carbocycles. The lowest BCUT2D eigenvalue weighted by atomic mass is 10.1. The first kappa shape index (κ1) is 12.1. The fourth-order valence-electron chi connectivity index (χ4n) is 1.55. The van der Waals surface area contributed by atoms with Crippen molar-refractivity contribution in [1.29, 1.82) is 0 Å². The average Bonchev–Trinajstić information content (AvgIpc) is 2.23. The van der Waals surface area contributed by atoms with Gasteiger partial charge in [-0.05, 0) is 26.8 Å². The molecule has 1 unspecified atom stereocenters. The van der Waals surface area contributed by atoms with Gasteiger partial charge >= 0.3 is 0 Å². The Bertz CT molecular complexity index is 243. The zero-order valence-corrected chi connectivity index (χ0v) is 9.79. The SMILES string of the molecule is CCOC1=CCC(OCC)C(OCC)=C1. The van der Waals surface area contributed by atoms with Gasteiger partial charge in [-0.25, -0.2) is 0 Å². The molecule has 0 saturated carbocycles. The molecule has 86 valence electrons. The van der Waals surface area contributed by atoms with Crippen molar-refractivity contribution in [2.75, 3.05) is 19.8 Å². The van der Waals surface area contributed by atoms with Crippen molar-refractivity contribution in [3.05, 3.63) is 23.7 Å². The normalized spacial score (nSPS) is 20.6. The van der Waals surface area contributed by atoms with Crippen LogP contribution in [0.4, 0.5) is 0 Å². The molecule has 0 heterocycles. The highest BCUT2D eigenvalue weighted by atomic mass is 16.5. The maximum Gasteiger partial charge on any atom is 0.129 e. The van der Waals surface area contributed by atoms with Crippen LogP contribution in [0.25, 0.3) is 0 Å². The van der Waals surface area contributed by atoms with Gasteiger partial charge in [0.2, 0.25) is 0 Å². The van der Waals surface area contributed by atoms with Crippen LogP contribution in [-0.4, -0.2) is 25.9 Å². The Balaban J connectivity index is 2.63. The van der Waals surface area contributed by atoms with Gasteiger partial charge in [0.1, 0.15) is 17.6 Å². The molecule has 1 rings (SSSR count). The maximum absolute atomic E-state index is 5.58. The van der Waals surface area contributed by atoms with Crippen molar-refractivity contribution in [3.63, 3.8) is 0 Å². The summed E-state index contributed by atoms with van der Waals surface area (Å²) in [7, 11) is 0. The lowest BCUT2D eigenvalue weighted by Crippen LogP contribution is -2.20. The smallest absolute Gasteiger partial charge is 0.129 e. The van der Waals surface area contributed by atoms with E-state index in [1.54, 1.807) is 0 Å². The summed E-state index contributed by atoms with van der Waals surface area (Å²) >= 11 is 0. The molecule has 0 saturated heterocycles. The van der Waals surface area contributed by atoms with Crippen LogP contribution in [0.1, 0.15) is 27.2 Å². The Hall–Kier alpha value is -0.960. The van der Waals surface area contributed by atoms with Gasteiger partial charge in [0.05, 0.1) is 13.2 Å². The van der Waals surface area contributed by atoms with Crippen molar-refractivity contribution in [3.8, 4) is 0 Å². The number of rotatable bonds is 6. The molecule has 0 amide bonds. The second-order valence-electron chi connectivity index (χ2n) is 3.20. The first-order valence-corrected chi connectivity index (χ1v) is 5.60. The highest BCUT2D eigenvalue weighted by Crippen LogP contribution is 2.22. The topological polar surface area (TPSA) is 27.7 Å². The van der Waals surface area contributed by atoms with E-state index >= 15 is 0 Å². The molecular formula is C12H20O3. The lowest BCUT2D eigenvalue weighted by Gasteiger charge is -2.23. The Morgan fingerprint density at radius 3 is 2.47 bits per heavy atom. The molecule has 0 aromatic rings. The third kappa shape index (κ3) is 3.59. The molecule has 1 aliphatic carbocycles. The van der Waals surface area contributed by atoms with Gasteiger partial charge in [0.15, 0.2) is 0 Å². The highest BCUT2D eigenvalue weighted by molar-refractivity contribution is 5.23. The van der Waals surface area contributed by atoms with Gasteiger partial charge in [-0.1, -0.05) is 0 Å². The van der Waals surface area contributed by atoms with E-state index in [2.05, 4.69) is 0 Å². The quantitative estimate of drug-likeness (QED) is 0.677. The Kier molecular flexibility index (Phi) is 5.26. The predicted octanol–water partition coefficient (Wildman–Crippen LogP) is 2.64. The van der Waals surface area contributed by atoms with Gasteiger partial charge < -0.3 is 14.2 Å². The number of hydrogen-bond donors (Lipinski definition) is 0. The van der Waals surface area contributed by atoms with Crippen molar-refractivity contribution in [1.82, 2.24) is 0 Å². The third-order valence-electron chi connectivity index (χ3n) is 2.12. The van der Waals surface area contributed by atoms with Gasteiger partial charge in [-0.15, -0.1) is 0 Å². The summed E-state index contributed by atoms with van der Waals surface area (Å²) in [4.78, 5) is 0. The van der Waals surface area contributed by atoms with Crippen LogP contribution in [0.15, 0.2) is 23.7 Å². The molecule has 0 aromatic heterocycles. The van der Waals surface area contributed by atoms with Gasteiger partial charge in [0, 0.05) is 19.1 Å². The molecule has 15 heavy (non-hydrogen) atoms. The summed E-state index contributed by atoms with van der Waals surface area (Å²) in [6.45, 7) is 7.99. The van der Waals surface area contributed by atoms with E-state index in [9.17, 15) is 0 Å². The Labute approximate surface area is 91.7 Å². The zero-order valence-electron chi connectivity index (χ0n) is 9.79. The van der Waals surface area contributed by atoms with Crippen LogP contribution >= 0.6 is 0 Å². The van der Waals surface area contributed by atoms with Crippen LogP contribution in [0.3, 0.4) is 0 Å². The summed E-state index contributed by atoms with van der Waals surface area (Å²) in [5.74, 6) is 1.77. The molecule has 0 bridgehead atoms. The summed E-state index contributed by atoms with van der Waals surface area (Å²) in [5, 5.41) is 0. The van der Waals surface area contributed by atoms with Crippen LogP contribution in [0, 0.1) is 0 Å². The van der Waals surface area contributed by atoms with E-state index in [1.807, 2.05) is 32.9 Å². The fraction of sp³-hybridized carbons (Fsp3) is 0.667. The largest absolute Gasteiger partial charge is 0.495 e. The number of hydrogen-bond acceptors (Lipinski definition) is 3. The van der Waals surface area contributed by atoms with E-state index in [-0.39, 0.29) is 6.10 Å². The minimum atomic E-state index is 0.0548. The molecule has 3 nitrogen and oxygen atoms in total. The van der Waals surface area contributed by atoms with Crippen molar-refractivity contribution >= 4 is 0 Å². The second-order valence-corrected chi connectivity index (χ2v) is 3.20. The second kappa shape index (κ2) is 6.51. The zero-order chi connectivity index (χ0) is 11.1. The summed E-state index contributed by atoms with van der Waals surface area (Å²) in [6, 6.07) is 0. The van der Waals surface area contributed by atoms with Gasteiger partial charge in [-0.3, -0.25) is 0 Å². The number of ether oxygens (including phenoxy) is 3. The summed E-state index contributed by atoms with van der Waals surface area (Å²) < 4.78 is 16.6. The Morgan fingerprint density at radius 1 is 1.13 bits per heavy atom. The third-order valence-corrected chi connectivity index (χ3v) is 2.12. The molecule has 0 radical (unpaired) electrons. The number of allylic oxidation sites excluding steroid dienone is 1. The monoisotopic (exact) mass is 212 g/mol. The van der Waals surface area contributed by atoms with Crippen molar-refractivity contribution < 1.29 is 14.2 Å². The van der Waals surface area contributed by atoms with Crippen LogP contribution < -0.4 is 0 Å². The van der Waals surface area contributed by atoms with Crippen molar-refractivity contribution in [2.24, 2.45) is 0 Å². The fourth-order valence-corrected chi connectivity index (χ4v) is 1.55. The van der Waals surface area contributed by atoms with E-state index in [0.717, 1.165) is 17.9 Å². The van der Waals surface area contributed by atoms with Crippen LogP contribution in [-0.2, 0) is 14.2 Å². The molecule has 0 spiro atoms. The first-order chi connectivity index (χ1) is 7.31. The average molecular weight is 212 g/mol. The molecule has 1 atom stereocenters. The van der Waals surface area contributed by atoms with E-state index < -0.39 is 0 Å². The van der Waals surface area contributed by atoms with Crippen LogP contribution in [0.2, 0.25) is 0 Å². The first-order valence-electron chi connectivity index (χ1n) is 5.60. The highest BCUT2D eigenvalue weighted by Gasteiger charge is 2.19. The lowest BCUT2D eigenvalue weighted by molar-refractivity contribution is 0.0362. The van der Waals surface area contributed by atoms with E-state index in [1.165, 1.54) is 0 Å². The van der Waals surface area contributed by atoms with Gasteiger partial charge in [0.25, 0.3) is 0 Å². The van der Waals surface area contributed by atoms with Gasteiger partial charge in [-0.2, -0.15) is 0 Å². The van der Waals surface area contributed by atoms with E-state index in [4.69, 9.17) is 14.2 Å².